The molecule has 3 amide bonds. The van der Waals surface area contributed by atoms with Gasteiger partial charge in [0.1, 0.15) is 0 Å². The second-order valence-corrected chi connectivity index (χ2v) is 5.16. The van der Waals surface area contributed by atoms with Gasteiger partial charge in [-0.3, -0.25) is 9.69 Å². The van der Waals surface area contributed by atoms with Crippen molar-refractivity contribution in [1.29, 1.82) is 0 Å². The number of carbonyl (C=O) groups is 2. The van der Waals surface area contributed by atoms with E-state index in [1.165, 1.54) is 0 Å². The molecule has 1 aliphatic rings. The zero-order valence-corrected chi connectivity index (χ0v) is 11.8. The van der Waals surface area contributed by atoms with Crippen molar-refractivity contribution in [3.8, 4) is 0 Å². The number of benzene rings is 1. The van der Waals surface area contributed by atoms with Crippen LogP contribution in [0, 0.1) is 0 Å². The Morgan fingerprint density at radius 3 is 2.90 bits per heavy atom. The van der Waals surface area contributed by atoms with Crippen LogP contribution < -0.4 is 21.3 Å². The van der Waals surface area contributed by atoms with Gasteiger partial charge in [-0.2, -0.15) is 0 Å². The molecule has 1 aliphatic heterocycles. The summed E-state index contributed by atoms with van der Waals surface area (Å²) in [6, 6.07) is 7.07. The maximum Gasteiger partial charge on any atom is 0.321 e. The lowest BCUT2D eigenvalue weighted by molar-refractivity contribution is -0.120. The molecule has 0 aliphatic carbocycles. The number of amides is 3. The minimum atomic E-state index is -0.902. The van der Waals surface area contributed by atoms with Gasteiger partial charge < -0.3 is 16.4 Å². The third kappa shape index (κ3) is 2.91. The molecular weight excluding hydrogens is 256 g/mol. The molecule has 1 aromatic carbocycles. The predicted octanol–water partition coefficient (Wildman–Crippen LogP) is 1.28. The molecule has 1 saturated heterocycles. The van der Waals surface area contributed by atoms with Gasteiger partial charge in [0, 0.05) is 24.5 Å². The Balaban J connectivity index is 2.14. The van der Waals surface area contributed by atoms with Crippen LogP contribution in [0.3, 0.4) is 0 Å². The number of nitrogens with two attached hydrogens (primary N) is 1. The monoisotopic (exact) mass is 276 g/mol. The van der Waals surface area contributed by atoms with E-state index in [1.807, 2.05) is 13.0 Å². The van der Waals surface area contributed by atoms with Crippen LogP contribution in [0.25, 0.3) is 0 Å². The molecule has 1 aromatic rings. The first-order valence-electron chi connectivity index (χ1n) is 6.70. The Morgan fingerprint density at radius 1 is 1.55 bits per heavy atom. The summed E-state index contributed by atoms with van der Waals surface area (Å²) in [4.78, 5) is 25.3. The van der Waals surface area contributed by atoms with E-state index in [1.54, 1.807) is 30.0 Å². The number of hydrogen-bond acceptors (Lipinski definition) is 3. The summed E-state index contributed by atoms with van der Waals surface area (Å²) in [6.45, 7) is 4.82. The van der Waals surface area contributed by atoms with E-state index in [-0.39, 0.29) is 11.9 Å². The molecule has 6 heteroatoms. The minimum Gasteiger partial charge on any atom is -0.336 e. The number of urea groups is 1. The topological polar surface area (TPSA) is 87.5 Å². The Kier molecular flexibility index (Phi) is 3.94. The van der Waals surface area contributed by atoms with Gasteiger partial charge in [0.25, 0.3) is 0 Å². The van der Waals surface area contributed by atoms with Crippen molar-refractivity contribution in [2.45, 2.75) is 25.8 Å². The molecule has 4 N–H and O–H groups in total. The number of anilines is 2. The zero-order chi connectivity index (χ0) is 14.8. The summed E-state index contributed by atoms with van der Waals surface area (Å²) in [6.07, 6.45) is 0.549. The molecule has 1 atom stereocenters. The lowest BCUT2D eigenvalue weighted by Crippen LogP contribution is -2.47. The Hall–Kier alpha value is -2.08. The molecular formula is C14H20N4O2. The van der Waals surface area contributed by atoms with Gasteiger partial charge in [0.2, 0.25) is 5.91 Å². The molecule has 0 aromatic heterocycles. The summed E-state index contributed by atoms with van der Waals surface area (Å²) in [5, 5.41) is 5.53. The second kappa shape index (κ2) is 5.50. The van der Waals surface area contributed by atoms with Crippen molar-refractivity contribution >= 4 is 23.3 Å². The first-order chi connectivity index (χ1) is 9.44. The highest BCUT2D eigenvalue weighted by molar-refractivity contribution is 5.99. The van der Waals surface area contributed by atoms with Crippen LogP contribution in [-0.4, -0.2) is 30.6 Å². The van der Waals surface area contributed by atoms with E-state index in [0.717, 1.165) is 5.69 Å². The van der Waals surface area contributed by atoms with E-state index in [4.69, 9.17) is 5.73 Å². The van der Waals surface area contributed by atoms with Crippen molar-refractivity contribution in [2.24, 2.45) is 5.73 Å². The fraction of sp³-hybridized carbons (Fsp3) is 0.429. The summed E-state index contributed by atoms with van der Waals surface area (Å²) in [5.74, 6) is -0.233. The van der Waals surface area contributed by atoms with Gasteiger partial charge >= 0.3 is 6.03 Å². The fourth-order valence-electron chi connectivity index (χ4n) is 1.90. The van der Waals surface area contributed by atoms with Crippen molar-refractivity contribution in [2.75, 3.05) is 23.3 Å². The number of rotatable bonds is 4. The van der Waals surface area contributed by atoms with Crippen LogP contribution >= 0.6 is 0 Å². The SMILES string of the molecule is CCC(C)(N)C(=O)Nc1cccc(N2CCNC2=O)c1. The molecule has 108 valence electrons. The average molecular weight is 276 g/mol. The Morgan fingerprint density at radius 2 is 2.30 bits per heavy atom. The van der Waals surface area contributed by atoms with Gasteiger partial charge in [-0.15, -0.1) is 0 Å². The second-order valence-electron chi connectivity index (χ2n) is 5.16. The highest BCUT2D eigenvalue weighted by atomic mass is 16.2. The number of nitrogens with zero attached hydrogens (tertiary/aromatic N) is 1. The van der Waals surface area contributed by atoms with Crippen molar-refractivity contribution in [3.63, 3.8) is 0 Å². The van der Waals surface area contributed by atoms with Crippen LogP contribution in [0.2, 0.25) is 0 Å². The van der Waals surface area contributed by atoms with E-state index in [9.17, 15) is 9.59 Å². The van der Waals surface area contributed by atoms with E-state index in [0.29, 0.717) is 25.2 Å². The van der Waals surface area contributed by atoms with Gasteiger partial charge in [-0.25, -0.2) is 4.79 Å². The lowest BCUT2D eigenvalue weighted by Gasteiger charge is -2.22. The average Bonchev–Trinajstić information content (AvgIpc) is 2.85. The van der Waals surface area contributed by atoms with Crippen LogP contribution in [-0.2, 0) is 4.79 Å². The van der Waals surface area contributed by atoms with Gasteiger partial charge in [0.15, 0.2) is 0 Å². The Labute approximate surface area is 118 Å². The van der Waals surface area contributed by atoms with Crippen molar-refractivity contribution < 1.29 is 9.59 Å². The van der Waals surface area contributed by atoms with Crippen molar-refractivity contribution in [3.05, 3.63) is 24.3 Å². The van der Waals surface area contributed by atoms with Crippen molar-refractivity contribution in [1.82, 2.24) is 5.32 Å². The largest absolute Gasteiger partial charge is 0.336 e. The van der Waals surface area contributed by atoms with E-state index in [2.05, 4.69) is 10.6 Å². The number of nitrogens with one attached hydrogen (secondary N) is 2. The lowest BCUT2D eigenvalue weighted by atomic mass is 9.99. The molecule has 6 nitrogen and oxygen atoms in total. The fourth-order valence-corrected chi connectivity index (χ4v) is 1.90. The zero-order valence-electron chi connectivity index (χ0n) is 11.8. The van der Waals surface area contributed by atoms with Gasteiger partial charge in [-0.05, 0) is 31.5 Å². The highest BCUT2D eigenvalue weighted by Gasteiger charge is 2.26. The summed E-state index contributed by atoms with van der Waals surface area (Å²) in [7, 11) is 0. The normalized spacial score (nSPS) is 17.6. The molecule has 1 fully saturated rings. The summed E-state index contributed by atoms with van der Waals surface area (Å²) >= 11 is 0. The smallest absolute Gasteiger partial charge is 0.321 e. The number of carbonyl (C=O) groups excluding carboxylic acids is 2. The highest BCUT2D eigenvalue weighted by Crippen LogP contribution is 2.21. The molecule has 20 heavy (non-hydrogen) atoms. The summed E-state index contributed by atoms with van der Waals surface area (Å²) in [5.41, 5.74) is 6.40. The molecule has 0 radical (unpaired) electrons. The predicted molar refractivity (Wildman–Crippen MR) is 78.7 cm³/mol. The van der Waals surface area contributed by atoms with Crippen LogP contribution in [0.15, 0.2) is 24.3 Å². The molecule has 0 saturated carbocycles. The minimum absolute atomic E-state index is 0.120. The molecule has 0 bridgehead atoms. The van der Waals surface area contributed by atoms with Crippen LogP contribution in [0.1, 0.15) is 20.3 Å². The van der Waals surface area contributed by atoms with E-state index >= 15 is 0 Å². The third-order valence-electron chi connectivity index (χ3n) is 3.53. The van der Waals surface area contributed by atoms with Gasteiger partial charge in [0.05, 0.1) is 5.54 Å². The quantitative estimate of drug-likeness (QED) is 0.774. The van der Waals surface area contributed by atoms with Crippen LogP contribution in [0.4, 0.5) is 16.2 Å². The third-order valence-corrected chi connectivity index (χ3v) is 3.53. The van der Waals surface area contributed by atoms with Crippen LogP contribution in [0.5, 0.6) is 0 Å². The standard InChI is InChI=1S/C14H20N4O2/c1-3-14(2,15)12(19)17-10-5-4-6-11(9-10)18-8-7-16-13(18)20/h4-6,9H,3,7-8,15H2,1-2H3,(H,16,20)(H,17,19). The molecule has 1 unspecified atom stereocenters. The first kappa shape index (κ1) is 14.3. The molecule has 2 rings (SSSR count). The van der Waals surface area contributed by atoms with Gasteiger partial charge in [-0.1, -0.05) is 13.0 Å². The first-order valence-corrected chi connectivity index (χ1v) is 6.70. The summed E-state index contributed by atoms with van der Waals surface area (Å²) < 4.78 is 0. The molecule has 0 spiro atoms. The molecule has 1 heterocycles. The number of hydrogen-bond donors (Lipinski definition) is 3. The Bertz CT molecular complexity index is 528. The maximum absolute atomic E-state index is 12.0. The van der Waals surface area contributed by atoms with E-state index < -0.39 is 5.54 Å². The maximum atomic E-state index is 12.0.